The van der Waals surface area contributed by atoms with Crippen molar-refractivity contribution in [2.24, 2.45) is 0 Å². The van der Waals surface area contributed by atoms with Crippen LogP contribution in [0, 0.1) is 6.92 Å². The topological polar surface area (TPSA) is 98.8 Å². The molecule has 138 valence electrons. The van der Waals surface area contributed by atoms with Crippen molar-refractivity contribution >= 4 is 27.4 Å². The van der Waals surface area contributed by atoms with Gasteiger partial charge in [0.25, 0.3) is 5.91 Å². The van der Waals surface area contributed by atoms with Crippen molar-refractivity contribution in [2.45, 2.75) is 11.8 Å². The van der Waals surface area contributed by atoms with E-state index in [0.717, 1.165) is 11.8 Å². The van der Waals surface area contributed by atoms with Crippen molar-refractivity contribution in [1.29, 1.82) is 0 Å². The summed E-state index contributed by atoms with van der Waals surface area (Å²) >= 11 is 0. The van der Waals surface area contributed by atoms with Crippen LogP contribution in [-0.4, -0.2) is 40.3 Å². The number of nitrogens with one attached hydrogen (secondary N) is 1. The predicted molar refractivity (Wildman–Crippen MR) is 96.2 cm³/mol. The highest BCUT2D eigenvalue weighted by Crippen LogP contribution is 2.25. The maximum atomic E-state index is 12.0. The van der Waals surface area contributed by atoms with Gasteiger partial charge in [-0.3, -0.25) is 4.79 Å². The fourth-order valence-corrected chi connectivity index (χ4v) is 2.79. The SMILES string of the molecule is COc1ccc(C)cc1NC(=O)COC(=O)c1ccc(S(C)(=O)=O)cc1. The molecule has 0 aliphatic rings. The van der Waals surface area contributed by atoms with Crippen LogP contribution in [0.25, 0.3) is 0 Å². The highest BCUT2D eigenvalue weighted by atomic mass is 32.2. The number of carbonyl (C=O) groups excluding carboxylic acids is 2. The Labute approximate surface area is 151 Å². The van der Waals surface area contributed by atoms with Gasteiger partial charge in [0.2, 0.25) is 0 Å². The number of aryl methyl sites for hydroxylation is 1. The van der Waals surface area contributed by atoms with Crippen molar-refractivity contribution in [3.05, 3.63) is 53.6 Å². The molecule has 2 aromatic rings. The van der Waals surface area contributed by atoms with Crippen LogP contribution in [0.5, 0.6) is 5.75 Å². The van der Waals surface area contributed by atoms with Gasteiger partial charge in [0.1, 0.15) is 5.75 Å². The minimum absolute atomic E-state index is 0.0957. The Hall–Kier alpha value is -2.87. The normalized spacial score (nSPS) is 10.9. The molecule has 0 saturated heterocycles. The minimum atomic E-state index is -3.34. The van der Waals surface area contributed by atoms with E-state index in [-0.39, 0.29) is 10.5 Å². The number of hydrogen-bond donors (Lipinski definition) is 1. The fourth-order valence-electron chi connectivity index (χ4n) is 2.16. The van der Waals surface area contributed by atoms with Gasteiger partial charge in [-0.25, -0.2) is 13.2 Å². The number of anilines is 1. The van der Waals surface area contributed by atoms with Crippen LogP contribution in [0.2, 0.25) is 0 Å². The van der Waals surface area contributed by atoms with Gasteiger partial charge >= 0.3 is 5.97 Å². The molecule has 0 bridgehead atoms. The predicted octanol–water partition coefficient (Wildman–Crippen LogP) is 2.20. The lowest BCUT2D eigenvalue weighted by atomic mass is 10.2. The number of sulfone groups is 1. The summed E-state index contributed by atoms with van der Waals surface area (Å²) in [5.74, 6) is -0.752. The van der Waals surface area contributed by atoms with Gasteiger partial charge < -0.3 is 14.8 Å². The van der Waals surface area contributed by atoms with Gasteiger partial charge in [0, 0.05) is 6.26 Å². The first-order valence-corrected chi connectivity index (χ1v) is 9.51. The van der Waals surface area contributed by atoms with E-state index < -0.39 is 28.3 Å². The highest BCUT2D eigenvalue weighted by Gasteiger charge is 2.14. The average molecular weight is 377 g/mol. The Morgan fingerprint density at radius 2 is 1.73 bits per heavy atom. The maximum Gasteiger partial charge on any atom is 0.338 e. The summed E-state index contributed by atoms with van der Waals surface area (Å²) in [5, 5.41) is 2.62. The smallest absolute Gasteiger partial charge is 0.338 e. The molecule has 0 aromatic heterocycles. The summed E-state index contributed by atoms with van der Waals surface area (Å²) in [4.78, 5) is 24.0. The van der Waals surface area contributed by atoms with Gasteiger partial charge in [0.15, 0.2) is 16.4 Å². The van der Waals surface area contributed by atoms with Crippen LogP contribution < -0.4 is 10.1 Å². The molecule has 0 radical (unpaired) electrons. The van der Waals surface area contributed by atoms with Crippen LogP contribution in [-0.2, 0) is 19.4 Å². The molecule has 8 heteroatoms. The van der Waals surface area contributed by atoms with E-state index in [0.29, 0.717) is 11.4 Å². The Kier molecular flexibility index (Phi) is 5.99. The quantitative estimate of drug-likeness (QED) is 0.775. The van der Waals surface area contributed by atoms with E-state index >= 15 is 0 Å². The van der Waals surface area contributed by atoms with E-state index in [4.69, 9.17) is 9.47 Å². The summed E-state index contributed by atoms with van der Waals surface area (Å²) < 4.78 is 32.9. The zero-order chi connectivity index (χ0) is 19.3. The number of hydrogen-bond acceptors (Lipinski definition) is 6. The van der Waals surface area contributed by atoms with Crippen LogP contribution in [0.4, 0.5) is 5.69 Å². The standard InChI is InChI=1S/C18H19NO6S/c1-12-4-9-16(24-2)15(10-12)19-17(20)11-25-18(21)13-5-7-14(8-6-13)26(3,22)23/h4-10H,11H2,1-3H3,(H,19,20). The highest BCUT2D eigenvalue weighted by molar-refractivity contribution is 7.90. The third-order valence-electron chi connectivity index (χ3n) is 3.48. The molecule has 1 N–H and O–H groups in total. The lowest BCUT2D eigenvalue weighted by molar-refractivity contribution is -0.119. The van der Waals surface area contributed by atoms with Crippen molar-refractivity contribution in [2.75, 3.05) is 25.3 Å². The molecule has 0 spiro atoms. The third kappa shape index (κ3) is 5.06. The molecule has 26 heavy (non-hydrogen) atoms. The molecular weight excluding hydrogens is 358 g/mol. The molecule has 0 heterocycles. The van der Waals surface area contributed by atoms with E-state index in [2.05, 4.69) is 5.32 Å². The Bertz CT molecular complexity index is 919. The van der Waals surface area contributed by atoms with Crippen molar-refractivity contribution in [1.82, 2.24) is 0 Å². The molecule has 1 amide bonds. The number of amides is 1. The zero-order valence-corrected chi connectivity index (χ0v) is 15.4. The first kappa shape index (κ1) is 19.5. The van der Waals surface area contributed by atoms with Gasteiger partial charge in [-0.1, -0.05) is 6.07 Å². The second-order valence-corrected chi connectivity index (χ2v) is 7.64. The molecule has 0 fully saturated rings. The summed E-state index contributed by atoms with van der Waals surface area (Å²) in [6.45, 7) is 1.39. The molecule has 0 unspecified atom stereocenters. The molecule has 0 aliphatic carbocycles. The first-order chi connectivity index (χ1) is 12.2. The largest absolute Gasteiger partial charge is 0.495 e. The van der Waals surface area contributed by atoms with E-state index in [1.165, 1.54) is 31.4 Å². The van der Waals surface area contributed by atoms with Gasteiger partial charge in [-0.15, -0.1) is 0 Å². The van der Waals surface area contributed by atoms with Gasteiger partial charge in [0.05, 0.1) is 23.3 Å². The van der Waals surface area contributed by atoms with E-state index in [1.807, 2.05) is 13.0 Å². The molecule has 7 nitrogen and oxygen atoms in total. The summed E-state index contributed by atoms with van der Waals surface area (Å²) in [6.07, 6.45) is 1.07. The average Bonchev–Trinajstić information content (AvgIpc) is 2.59. The molecular formula is C18H19NO6S. The zero-order valence-electron chi connectivity index (χ0n) is 14.6. The number of esters is 1. The van der Waals surface area contributed by atoms with Crippen LogP contribution in [0.3, 0.4) is 0 Å². The monoisotopic (exact) mass is 377 g/mol. The molecule has 0 saturated carbocycles. The van der Waals surface area contributed by atoms with E-state index in [9.17, 15) is 18.0 Å². The first-order valence-electron chi connectivity index (χ1n) is 7.62. The lowest BCUT2D eigenvalue weighted by Crippen LogP contribution is -2.21. The van der Waals surface area contributed by atoms with Gasteiger partial charge in [-0.05, 0) is 48.9 Å². The van der Waals surface area contributed by atoms with Crippen molar-refractivity contribution < 1.29 is 27.5 Å². The summed E-state index contributed by atoms with van der Waals surface area (Å²) in [7, 11) is -1.86. The third-order valence-corrected chi connectivity index (χ3v) is 4.61. The summed E-state index contributed by atoms with van der Waals surface area (Å²) in [5.41, 5.74) is 1.56. The van der Waals surface area contributed by atoms with Gasteiger partial charge in [-0.2, -0.15) is 0 Å². The molecule has 2 rings (SSSR count). The Morgan fingerprint density at radius 3 is 2.31 bits per heavy atom. The molecule has 2 aromatic carbocycles. The molecule has 0 atom stereocenters. The minimum Gasteiger partial charge on any atom is -0.495 e. The Balaban J connectivity index is 1.97. The molecule has 0 aliphatic heterocycles. The Morgan fingerprint density at radius 1 is 1.08 bits per heavy atom. The second kappa shape index (κ2) is 8.01. The fraction of sp³-hybridized carbons (Fsp3) is 0.222. The number of methoxy groups -OCH3 is 1. The second-order valence-electron chi connectivity index (χ2n) is 5.62. The number of rotatable bonds is 6. The maximum absolute atomic E-state index is 12.0. The number of benzene rings is 2. The number of ether oxygens (including phenoxy) is 2. The van der Waals surface area contributed by atoms with E-state index in [1.54, 1.807) is 12.1 Å². The lowest BCUT2D eigenvalue weighted by Gasteiger charge is -2.11. The van der Waals surface area contributed by atoms with Crippen molar-refractivity contribution in [3.8, 4) is 5.75 Å². The summed E-state index contributed by atoms with van der Waals surface area (Å²) in [6, 6.07) is 10.6. The van der Waals surface area contributed by atoms with Crippen LogP contribution in [0.1, 0.15) is 15.9 Å². The number of carbonyl (C=O) groups is 2. The van der Waals surface area contributed by atoms with Crippen LogP contribution >= 0.6 is 0 Å². The van der Waals surface area contributed by atoms with Crippen LogP contribution in [0.15, 0.2) is 47.4 Å². The van der Waals surface area contributed by atoms with Crippen molar-refractivity contribution in [3.63, 3.8) is 0 Å².